The maximum Gasteiger partial charge on any atom is 0.123 e. The topological polar surface area (TPSA) is 15.3 Å². The van der Waals surface area contributed by atoms with Crippen molar-refractivity contribution in [2.45, 2.75) is 58.2 Å². The van der Waals surface area contributed by atoms with Gasteiger partial charge in [-0.05, 0) is 70.8 Å². The molecule has 2 atom stereocenters. The zero-order valence-electron chi connectivity index (χ0n) is 12.9. The second-order valence-electron chi connectivity index (χ2n) is 6.20. The van der Waals surface area contributed by atoms with Crippen LogP contribution in [0.3, 0.4) is 0 Å². The fourth-order valence-electron chi connectivity index (χ4n) is 3.03. The predicted octanol–water partition coefficient (Wildman–Crippen LogP) is 3.74. The average Bonchev–Trinajstić information content (AvgIpc) is 2.64. The summed E-state index contributed by atoms with van der Waals surface area (Å²) >= 11 is 0. The third-order valence-corrected chi connectivity index (χ3v) is 4.33. The maximum absolute atomic E-state index is 13.3. The Morgan fingerprint density at radius 1 is 1.20 bits per heavy atom. The highest BCUT2D eigenvalue weighted by Gasteiger charge is 2.20. The van der Waals surface area contributed by atoms with Gasteiger partial charge in [-0.25, -0.2) is 4.39 Å². The van der Waals surface area contributed by atoms with Crippen molar-refractivity contribution in [3.63, 3.8) is 0 Å². The first-order valence-electron chi connectivity index (χ1n) is 7.82. The van der Waals surface area contributed by atoms with E-state index in [1.165, 1.54) is 31.9 Å². The Balaban J connectivity index is 1.90. The Morgan fingerprint density at radius 2 is 2.00 bits per heavy atom. The largest absolute Gasteiger partial charge is 0.307 e. The number of benzene rings is 1. The molecule has 1 heterocycles. The Labute approximate surface area is 122 Å². The van der Waals surface area contributed by atoms with Crippen LogP contribution in [0.2, 0.25) is 0 Å². The molecule has 112 valence electrons. The molecule has 0 spiro atoms. The number of hydrogen-bond acceptors (Lipinski definition) is 2. The van der Waals surface area contributed by atoms with Crippen molar-refractivity contribution in [2.75, 3.05) is 13.1 Å². The second kappa shape index (κ2) is 7.19. The first kappa shape index (κ1) is 15.5. The van der Waals surface area contributed by atoms with Gasteiger partial charge in [0.2, 0.25) is 0 Å². The molecule has 0 saturated carbocycles. The van der Waals surface area contributed by atoms with Crippen LogP contribution >= 0.6 is 0 Å². The quantitative estimate of drug-likeness (QED) is 0.902. The van der Waals surface area contributed by atoms with Crippen LogP contribution < -0.4 is 5.32 Å². The Bertz CT molecular complexity index is 419. The van der Waals surface area contributed by atoms with Gasteiger partial charge in [0.15, 0.2) is 0 Å². The van der Waals surface area contributed by atoms with Crippen molar-refractivity contribution in [1.82, 2.24) is 10.2 Å². The van der Waals surface area contributed by atoms with E-state index >= 15 is 0 Å². The number of nitrogens with one attached hydrogen (secondary N) is 1. The molecule has 1 aromatic carbocycles. The van der Waals surface area contributed by atoms with Gasteiger partial charge in [0.05, 0.1) is 0 Å². The van der Waals surface area contributed by atoms with E-state index in [0.717, 1.165) is 12.1 Å². The lowest BCUT2D eigenvalue weighted by molar-refractivity contribution is 0.228. The lowest BCUT2D eigenvalue weighted by atomic mass is 10.0. The van der Waals surface area contributed by atoms with Crippen LogP contribution in [-0.2, 0) is 0 Å². The number of halogens is 1. The molecular weight excluding hydrogens is 251 g/mol. The number of likely N-dealkylation sites (tertiary alicyclic amines) is 1. The highest BCUT2D eigenvalue weighted by molar-refractivity contribution is 5.19. The third kappa shape index (κ3) is 4.29. The minimum Gasteiger partial charge on any atom is -0.307 e. The molecule has 1 aliphatic heterocycles. The van der Waals surface area contributed by atoms with Gasteiger partial charge in [-0.1, -0.05) is 12.1 Å². The summed E-state index contributed by atoms with van der Waals surface area (Å²) in [4.78, 5) is 2.55. The van der Waals surface area contributed by atoms with Gasteiger partial charge in [-0.3, -0.25) is 0 Å². The minimum atomic E-state index is -0.150. The molecular formula is C17H27FN2. The van der Waals surface area contributed by atoms with Crippen molar-refractivity contribution < 1.29 is 4.39 Å². The molecule has 1 N–H and O–H groups in total. The van der Waals surface area contributed by atoms with E-state index in [-0.39, 0.29) is 11.9 Å². The van der Waals surface area contributed by atoms with Crippen molar-refractivity contribution >= 4 is 0 Å². The molecule has 0 bridgehead atoms. The summed E-state index contributed by atoms with van der Waals surface area (Å²) in [7, 11) is 0. The first-order chi connectivity index (χ1) is 9.56. The number of rotatable bonds is 4. The molecule has 20 heavy (non-hydrogen) atoms. The molecule has 1 fully saturated rings. The Morgan fingerprint density at radius 3 is 2.70 bits per heavy atom. The molecule has 2 nitrogen and oxygen atoms in total. The van der Waals surface area contributed by atoms with Crippen LogP contribution in [-0.4, -0.2) is 30.1 Å². The highest BCUT2D eigenvalue weighted by atomic mass is 19.1. The molecule has 1 aromatic rings. The van der Waals surface area contributed by atoms with E-state index in [9.17, 15) is 4.39 Å². The standard InChI is InChI=1S/C17H27FN2/c1-13(2)20-10-5-8-17(9-11-20)19-14(3)15-6-4-7-16(18)12-15/h4,6-7,12-14,17,19H,5,8-11H2,1-3H3/t14-,17?/m0/s1. The number of nitrogens with zero attached hydrogens (tertiary/aromatic N) is 1. The van der Waals surface area contributed by atoms with Crippen LogP contribution in [0.15, 0.2) is 24.3 Å². The van der Waals surface area contributed by atoms with Gasteiger partial charge in [0.1, 0.15) is 5.82 Å². The molecule has 3 heteroatoms. The van der Waals surface area contributed by atoms with E-state index in [1.807, 2.05) is 6.07 Å². The summed E-state index contributed by atoms with van der Waals surface area (Å²) in [5.74, 6) is -0.150. The molecule has 2 rings (SSSR count). The smallest absolute Gasteiger partial charge is 0.123 e. The molecule has 0 aliphatic carbocycles. The Hall–Kier alpha value is -0.930. The summed E-state index contributed by atoms with van der Waals surface area (Å²) in [5.41, 5.74) is 1.04. The van der Waals surface area contributed by atoms with Crippen molar-refractivity contribution in [3.8, 4) is 0 Å². The van der Waals surface area contributed by atoms with Crippen LogP contribution in [0.25, 0.3) is 0 Å². The minimum absolute atomic E-state index is 0.150. The maximum atomic E-state index is 13.3. The third-order valence-electron chi connectivity index (χ3n) is 4.33. The van der Waals surface area contributed by atoms with Crippen molar-refractivity contribution in [3.05, 3.63) is 35.6 Å². The van der Waals surface area contributed by atoms with Gasteiger partial charge in [-0.2, -0.15) is 0 Å². The summed E-state index contributed by atoms with van der Waals surface area (Å²) in [6.07, 6.45) is 3.63. The zero-order chi connectivity index (χ0) is 14.5. The normalized spacial score (nSPS) is 22.8. The second-order valence-corrected chi connectivity index (χ2v) is 6.20. The van der Waals surface area contributed by atoms with Gasteiger partial charge in [-0.15, -0.1) is 0 Å². The van der Waals surface area contributed by atoms with Crippen LogP contribution in [0.1, 0.15) is 51.6 Å². The molecule has 0 radical (unpaired) electrons. The van der Waals surface area contributed by atoms with Crippen LogP contribution in [0, 0.1) is 5.82 Å². The highest BCUT2D eigenvalue weighted by Crippen LogP contribution is 2.19. The zero-order valence-corrected chi connectivity index (χ0v) is 12.9. The van der Waals surface area contributed by atoms with Gasteiger partial charge >= 0.3 is 0 Å². The summed E-state index contributed by atoms with van der Waals surface area (Å²) in [5, 5.41) is 3.67. The van der Waals surface area contributed by atoms with Gasteiger partial charge < -0.3 is 10.2 Å². The van der Waals surface area contributed by atoms with Crippen LogP contribution in [0.4, 0.5) is 4.39 Å². The van der Waals surface area contributed by atoms with E-state index in [4.69, 9.17) is 0 Å². The molecule has 1 unspecified atom stereocenters. The summed E-state index contributed by atoms with van der Waals surface area (Å²) < 4.78 is 13.3. The number of hydrogen-bond donors (Lipinski definition) is 1. The van der Waals surface area contributed by atoms with E-state index < -0.39 is 0 Å². The molecule has 1 saturated heterocycles. The SMILES string of the molecule is CC(C)N1CCCC(N[C@@H](C)c2cccc(F)c2)CC1. The predicted molar refractivity (Wildman–Crippen MR) is 82.3 cm³/mol. The monoisotopic (exact) mass is 278 g/mol. The fraction of sp³-hybridized carbons (Fsp3) is 0.647. The summed E-state index contributed by atoms with van der Waals surface area (Å²) in [6.45, 7) is 9.02. The van der Waals surface area contributed by atoms with Crippen LogP contribution in [0.5, 0.6) is 0 Å². The van der Waals surface area contributed by atoms with Gasteiger partial charge in [0, 0.05) is 18.1 Å². The van der Waals surface area contributed by atoms with E-state index in [2.05, 4.69) is 31.0 Å². The Kier molecular flexibility index (Phi) is 5.55. The lowest BCUT2D eigenvalue weighted by Gasteiger charge is -2.25. The summed E-state index contributed by atoms with van der Waals surface area (Å²) in [6, 6.07) is 8.30. The van der Waals surface area contributed by atoms with E-state index in [0.29, 0.717) is 12.1 Å². The van der Waals surface area contributed by atoms with Crippen molar-refractivity contribution in [2.24, 2.45) is 0 Å². The average molecular weight is 278 g/mol. The lowest BCUT2D eigenvalue weighted by Crippen LogP contribution is -2.35. The van der Waals surface area contributed by atoms with Gasteiger partial charge in [0.25, 0.3) is 0 Å². The fourth-order valence-corrected chi connectivity index (χ4v) is 3.03. The van der Waals surface area contributed by atoms with E-state index in [1.54, 1.807) is 12.1 Å². The van der Waals surface area contributed by atoms with Crippen molar-refractivity contribution in [1.29, 1.82) is 0 Å². The molecule has 0 amide bonds. The first-order valence-corrected chi connectivity index (χ1v) is 7.82. The molecule has 0 aromatic heterocycles. The molecule has 1 aliphatic rings.